The number of carbonyl (C=O) groups is 1. The Kier molecular flexibility index (Phi) is 2.89. The highest BCUT2D eigenvalue weighted by molar-refractivity contribution is 5.88. The van der Waals surface area contributed by atoms with Crippen molar-refractivity contribution in [1.29, 1.82) is 0 Å². The molecule has 1 aromatic rings. The molecule has 6 heteroatoms. The molecule has 0 aromatic heterocycles. The zero-order chi connectivity index (χ0) is 13.6. The summed E-state index contributed by atoms with van der Waals surface area (Å²) in [6.07, 6.45) is 0.944. The van der Waals surface area contributed by atoms with Gasteiger partial charge in [-0.1, -0.05) is 0 Å². The molecule has 4 nitrogen and oxygen atoms in total. The number of nitrogens with one attached hydrogen (secondary N) is 1. The molecule has 1 aromatic carbocycles. The minimum Gasteiger partial charge on any atom is -0.478 e. The lowest BCUT2D eigenvalue weighted by atomic mass is 10.0. The molecule has 2 aliphatic heterocycles. The van der Waals surface area contributed by atoms with Gasteiger partial charge < -0.3 is 15.3 Å². The Balaban J connectivity index is 1.98. The summed E-state index contributed by atoms with van der Waals surface area (Å²) in [5, 5.41) is 12.0. The fraction of sp³-hybridized carbons (Fsp3) is 0.462. The molecule has 3 rings (SSSR count). The number of carboxylic acid groups (broad SMARTS) is 1. The molecule has 2 N–H and O–H groups in total. The molecular formula is C13H14F2N2O2. The molecule has 102 valence electrons. The Labute approximate surface area is 109 Å². The summed E-state index contributed by atoms with van der Waals surface area (Å²) in [7, 11) is 0. The van der Waals surface area contributed by atoms with Gasteiger partial charge in [-0.05, 0) is 24.5 Å². The van der Waals surface area contributed by atoms with E-state index in [1.807, 2.05) is 4.90 Å². The molecule has 2 fully saturated rings. The average molecular weight is 268 g/mol. The third kappa shape index (κ3) is 1.87. The molecule has 0 bridgehead atoms. The molecule has 0 unspecified atom stereocenters. The van der Waals surface area contributed by atoms with Crippen LogP contribution in [0.3, 0.4) is 0 Å². The molecule has 0 saturated carbocycles. The Morgan fingerprint density at radius 2 is 2.11 bits per heavy atom. The SMILES string of the molecule is O=C(O)c1ccc(N2CC[C@H]3CNC[C@H]32)c(F)c1F. The molecule has 2 aliphatic rings. The molecule has 2 saturated heterocycles. The summed E-state index contributed by atoms with van der Waals surface area (Å²) >= 11 is 0. The normalized spacial score (nSPS) is 25.7. The van der Waals surface area contributed by atoms with E-state index in [2.05, 4.69) is 5.32 Å². The number of rotatable bonds is 2. The summed E-state index contributed by atoms with van der Waals surface area (Å²) in [5.74, 6) is -3.33. The lowest BCUT2D eigenvalue weighted by Crippen LogP contribution is -2.35. The lowest BCUT2D eigenvalue weighted by molar-refractivity contribution is 0.0690. The van der Waals surface area contributed by atoms with E-state index >= 15 is 0 Å². The third-order valence-corrected chi connectivity index (χ3v) is 4.05. The van der Waals surface area contributed by atoms with E-state index in [1.54, 1.807) is 0 Å². The molecule has 2 heterocycles. The zero-order valence-electron chi connectivity index (χ0n) is 10.2. The Morgan fingerprint density at radius 3 is 2.84 bits per heavy atom. The highest BCUT2D eigenvalue weighted by Gasteiger charge is 2.39. The van der Waals surface area contributed by atoms with Crippen LogP contribution in [0.5, 0.6) is 0 Å². The molecule has 19 heavy (non-hydrogen) atoms. The van der Waals surface area contributed by atoms with E-state index in [0.717, 1.165) is 25.6 Å². The summed E-state index contributed by atoms with van der Waals surface area (Å²) in [5.41, 5.74) is -0.458. The first-order valence-electron chi connectivity index (χ1n) is 6.28. The summed E-state index contributed by atoms with van der Waals surface area (Å²) in [6, 6.07) is 2.67. The van der Waals surface area contributed by atoms with Crippen LogP contribution in [0.15, 0.2) is 12.1 Å². The summed E-state index contributed by atoms with van der Waals surface area (Å²) in [6.45, 7) is 2.34. The van der Waals surface area contributed by atoms with Crippen molar-refractivity contribution in [3.8, 4) is 0 Å². The van der Waals surface area contributed by atoms with Crippen molar-refractivity contribution in [2.75, 3.05) is 24.5 Å². The van der Waals surface area contributed by atoms with Crippen molar-refractivity contribution in [3.63, 3.8) is 0 Å². The maximum atomic E-state index is 14.0. The van der Waals surface area contributed by atoms with Gasteiger partial charge >= 0.3 is 5.97 Å². The number of hydrogen-bond donors (Lipinski definition) is 2. The molecule has 0 aliphatic carbocycles. The highest BCUT2D eigenvalue weighted by atomic mass is 19.2. The maximum absolute atomic E-state index is 14.0. The molecule has 0 radical (unpaired) electrons. The molecule has 0 spiro atoms. The minimum absolute atomic E-state index is 0.165. The topological polar surface area (TPSA) is 52.6 Å². The smallest absolute Gasteiger partial charge is 0.338 e. The fourth-order valence-corrected chi connectivity index (χ4v) is 3.07. The van der Waals surface area contributed by atoms with Crippen LogP contribution in [-0.4, -0.2) is 36.8 Å². The number of carboxylic acids is 1. The summed E-state index contributed by atoms with van der Waals surface area (Å²) < 4.78 is 27.7. The van der Waals surface area contributed by atoms with E-state index in [1.165, 1.54) is 6.07 Å². The van der Waals surface area contributed by atoms with Crippen molar-refractivity contribution in [3.05, 3.63) is 29.3 Å². The number of hydrogen-bond acceptors (Lipinski definition) is 3. The van der Waals surface area contributed by atoms with Crippen LogP contribution in [-0.2, 0) is 0 Å². The van der Waals surface area contributed by atoms with E-state index in [4.69, 9.17) is 5.11 Å². The van der Waals surface area contributed by atoms with Gasteiger partial charge in [-0.15, -0.1) is 0 Å². The second-order valence-corrected chi connectivity index (χ2v) is 5.03. The molecule has 0 amide bonds. The van der Waals surface area contributed by atoms with Gasteiger partial charge in [0.2, 0.25) is 0 Å². The molecular weight excluding hydrogens is 254 g/mol. The minimum atomic E-state index is -1.45. The Bertz CT molecular complexity index is 536. The van der Waals surface area contributed by atoms with Gasteiger partial charge in [0.15, 0.2) is 11.6 Å². The van der Waals surface area contributed by atoms with Gasteiger partial charge in [0.05, 0.1) is 11.3 Å². The third-order valence-electron chi connectivity index (χ3n) is 4.05. The lowest BCUT2D eigenvalue weighted by Gasteiger charge is -2.26. The second-order valence-electron chi connectivity index (χ2n) is 5.03. The number of nitrogens with zero attached hydrogens (tertiary/aromatic N) is 1. The Morgan fingerprint density at radius 1 is 1.32 bits per heavy atom. The van der Waals surface area contributed by atoms with Crippen LogP contribution in [0.25, 0.3) is 0 Å². The van der Waals surface area contributed by atoms with Crippen LogP contribution in [0, 0.1) is 17.6 Å². The maximum Gasteiger partial charge on any atom is 0.338 e. The van der Waals surface area contributed by atoms with Gasteiger partial charge in [0.25, 0.3) is 0 Å². The second kappa shape index (κ2) is 4.45. The zero-order valence-corrected chi connectivity index (χ0v) is 10.2. The first-order chi connectivity index (χ1) is 9.09. The highest BCUT2D eigenvalue weighted by Crippen LogP contribution is 2.34. The first-order valence-corrected chi connectivity index (χ1v) is 6.28. The predicted molar refractivity (Wildman–Crippen MR) is 65.4 cm³/mol. The van der Waals surface area contributed by atoms with Gasteiger partial charge in [-0.25, -0.2) is 13.6 Å². The van der Waals surface area contributed by atoms with Crippen molar-refractivity contribution in [2.45, 2.75) is 12.5 Å². The number of aromatic carboxylic acids is 1. The van der Waals surface area contributed by atoms with E-state index in [-0.39, 0.29) is 11.7 Å². The molecule has 2 atom stereocenters. The van der Waals surface area contributed by atoms with Gasteiger partial charge in [-0.2, -0.15) is 0 Å². The van der Waals surface area contributed by atoms with Crippen LogP contribution in [0.4, 0.5) is 14.5 Å². The quantitative estimate of drug-likeness (QED) is 0.852. The van der Waals surface area contributed by atoms with Crippen LogP contribution >= 0.6 is 0 Å². The first kappa shape index (κ1) is 12.3. The van der Waals surface area contributed by atoms with Crippen LogP contribution in [0.1, 0.15) is 16.8 Å². The van der Waals surface area contributed by atoms with Crippen LogP contribution < -0.4 is 10.2 Å². The van der Waals surface area contributed by atoms with E-state index in [9.17, 15) is 13.6 Å². The van der Waals surface area contributed by atoms with E-state index in [0.29, 0.717) is 12.5 Å². The largest absolute Gasteiger partial charge is 0.478 e. The van der Waals surface area contributed by atoms with Crippen molar-refractivity contribution >= 4 is 11.7 Å². The monoisotopic (exact) mass is 268 g/mol. The van der Waals surface area contributed by atoms with Crippen molar-refractivity contribution < 1.29 is 18.7 Å². The average Bonchev–Trinajstić information content (AvgIpc) is 2.95. The van der Waals surface area contributed by atoms with Crippen molar-refractivity contribution in [1.82, 2.24) is 5.32 Å². The summed E-state index contributed by atoms with van der Waals surface area (Å²) in [4.78, 5) is 12.6. The van der Waals surface area contributed by atoms with Gasteiger partial charge in [0, 0.05) is 25.7 Å². The number of benzene rings is 1. The Hall–Kier alpha value is -1.69. The number of anilines is 1. The van der Waals surface area contributed by atoms with E-state index < -0.39 is 23.2 Å². The standard InChI is InChI=1S/C13H14F2N2O2/c14-11-8(13(18)19)1-2-9(12(11)15)17-4-3-7-5-16-6-10(7)17/h1-2,7,10,16H,3-6H2,(H,18,19)/t7-,10+/m0/s1. The predicted octanol–water partition coefficient (Wildman–Crippen LogP) is 1.46. The van der Waals surface area contributed by atoms with Crippen LogP contribution in [0.2, 0.25) is 0 Å². The van der Waals surface area contributed by atoms with Gasteiger partial charge in [0.1, 0.15) is 0 Å². The van der Waals surface area contributed by atoms with Crippen molar-refractivity contribution in [2.24, 2.45) is 5.92 Å². The van der Waals surface area contributed by atoms with Gasteiger partial charge in [-0.3, -0.25) is 0 Å². The number of halogens is 2. The fourth-order valence-electron chi connectivity index (χ4n) is 3.07. The number of fused-ring (bicyclic) bond motifs is 1.